The molecule has 20 heavy (non-hydrogen) atoms. The third-order valence-electron chi connectivity index (χ3n) is 2.88. The van der Waals surface area contributed by atoms with Gasteiger partial charge in [-0.1, -0.05) is 13.8 Å². The summed E-state index contributed by atoms with van der Waals surface area (Å²) in [6, 6.07) is 3.37. The van der Waals surface area contributed by atoms with Crippen LogP contribution >= 0.6 is 0 Å². The van der Waals surface area contributed by atoms with Crippen LogP contribution in [-0.4, -0.2) is 17.0 Å². The second-order valence-electron chi connectivity index (χ2n) is 4.64. The molecule has 0 spiro atoms. The minimum atomic E-state index is -0.663. The van der Waals surface area contributed by atoms with E-state index in [1.165, 1.54) is 18.5 Å². The SMILES string of the molecule is CNc1ncnc(Nc2ccc(F)cc2F)c1C(C)C. The summed E-state index contributed by atoms with van der Waals surface area (Å²) in [4.78, 5) is 8.29. The minimum Gasteiger partial charge on any atom is -0.373 e. The van der Waals surface area contributed by atoms with Crippen LogP contribution in [0.5, 0.6) is 0 Å². The molecule has 2 rings (SSSR count). The van der Waals surface area contributed by atoms with Gasteiger partial charge in [0.2, 0.25) is 0 Å². The molecule has 2 aromatic rings. The molecule has 0 amide bonds. The van der Waals surface area contributed by atoms with Gasteiger partial charge < -0.3 is 10.6 Å². The summed E-state index contributed by atoms with van der Waals surface area (Å²) in [6.45, 7) is 3.98. The van der Waals surface area contributed by atoms with Crippen LogP contribution in [0, 0.1) is 11.6 Å². The van der Waals surface area contributed by atoms with Crippen LogP contribution < -0.4 is 10.6 Å². The summed E-state index contributed by atoms with van der Waals surface area (Å²) in [7, 11) is 1.76. The summed E-state index contributed by atoms with van der Waals surface area (Å²) >= 11 is 0. The third kappa shape index (κ3) is 2.84. The number of aromatic nitrogens is 2. The van der Waals surface area contributed by atoms with Gasteiger partial charge in [-0.25, -0.2) is 18.7 Å². The molecule has 4 nitrogen and oxygen atoms in total. The van der Waals surface area contributed by atoms with E-state index in [1.54, 1.807) is 7.05 Å². The van der Waals surface area contributed by atoms with Gasteiger partial charge in [-0.3, -0.25) is 0 Å². The Labute approximate surface area is 116 Å². The maximum absolute atomic E-state index is 13.7. The summed E-state index contributed by atoms with van der Waals surface area (Å²) in [5.74, 6) is 0.0506. The molecule has 6 heteroatoms. The highest BCUT2D eigenvalue weighted by Crippen LogP contribution is 2.30. The zero-order chi connectivity index (χ0) is 14.7. The Bertz CT molecular complexity index is 614. The van der Waals surface area contributed by atoms with Crippen LogP contribution in [0.4, 0.5) is 26.1 Å². The molecule has 1 heterocycles. The van der Waals surface area contributed by atoms with Crippen molar-refractivity contribution in [1.29, 1.82) is 0 Å². The van der Waals surface area contributed by atoms with Gasteiger partial charge in [-0.2, -0.15) is 0 Å². The fraction of sp³-hybridized carbons (Fsp3) is 0.286. The van der Waals surface area contributed by atoms with Gasteiger partial charge in [0.15, 0.2) is 0 Å². The zero-order valence-electron chi connectivity index (χ0n) is 11.5. The van der Waals surface area contributed by atoms with E-state index in [2.05, 4.69) is 20.6 Å². The summed E-state index contributed by atoms with van der Waals surface area (Å²) in [5, 5.41) is 5.87. The fourth-order valence-corrected chi connectivity index (χ4v) is 1.96. The largest absolute Gasteiger partial charge is 0.373 e. The van der Waals surface area contributed by atoms with E-state index < -0.39 is 11.6 Å². The minimum absolute atomic E-state index is 0.143. The van der Waals surface area contributed by atoms with Gasteiger partial charge in [0.25, 0.3) is 0 Å². The van der Waals surface area contributed by atoms with E-state index in [9.17, 15) is 8.78 Å². The highest BCUT2D eigenvalue weighted by atomic mass is 19.1. The van der Waals surface area contributed by atoms with Crippen molar-refractivity contribution < 1.29 is 8.78 Å². The molecule has 0 bridgehead atoms. The van der Waals surface area contributed by atoms with E-state index in [-0.39, 0.29) is 11.6 Å². The maximum atomic E-state index is 13.7. The monoisotopic (exact) mass is 278 g/mol. The van der Waals surface area contributed by atoms with Gasteiger partial charge in [-0.15, -0.1) is 0 Å². The first-order valence-corrected chi connectivity index (χ1v) is 6.27. The molecule has 0 aliphatic rings. The smallest absolute Gasteiger partial charge is 0.149 e. The highest BCUT2D eigenvalue weighted by Gasteiger charge is 2.15. The van der Waals surface area contributed by atoms with Crippen molar-refractivity contribution in [1.82, 2.24) is 9.97 Å². The van der Waals surface area contributed by atoms with Crippen molar-refractivity contribution >= 4 is 17.3 Å². The maximum Gasteiger partial charge on any atom is 0.149 e. The molecule has 106 valence electrons. The topological polar surface area (TPSA) is 49.8 Å². The van der Waals surface area contributed by atoms with Crippen LogP contribution in [0.15, 0.2) is 24.5 Å². The van der Waals surface area contributed by atoms with E-state index in [1.807, 2.05) is 13.8 Å². The number of rotatable bonds is 4. The number of nitrogens with one attached hydrogen (secondary N) is 2. The third-order valence-corrected chi connectivity index (χ3v) is 2.88. The summed E-state index contributed by atoms with van der Waals surface area (Å²) in [6.07, 6.45) is 1.39. The van der Waals surface area contributed by atoms with Crippen LogP contribution in [0.2, 0.25) is 0 Å². The molecule has 1 aromatic heterocycles. The molecule has 0 atom stereocenters. The van der Waals surface area contributed by atoms with Gasteiger partial charge >= 0.3 is 0 Å². The number of hydrogen-bond donors (Lipinski definition) is 2. The molecule has 0 saturated carbocycles. The first-order valence-electron chi connectivity index (χ1n) is 6.27. The van der Waals surface area contributed by atoms with Gasteiger partial charge in [-0.05, 0) is 18.1 Å². The Morgan fingerprint density at radius 3 is 2.40 bits per heavy atom. The van der Waals surface area contributed by atoms with Crippen molar-refractivity contribution in [3.63, 3.8) is 0 Å². The summed E-state index contributed by atoms with van der Waals surface area (Å²) < 4.78 is 26.6. The Morgan fingerprint density at radius 1 is 1.10 bits per heavy atom. The molecule has 1 aromatic carbocycles. The van der Waals surface area contributed by atoms with Crippen molar-refractivity contribution in [2.45, 2.75) is 19.8 Å². The predicted octanol–water partition coefficient (Wildman–Crippen LogP) is 3.66. The lowest BCUT2D eigenvalue weighted by Gasteiger charge is -2.16. The Kier molecular flexibility index (Phi) is 4.12. The van der Waals surface area contributed by atoms with Crippen LogP contribution in [0.1, 0.15) is 25.3 Å². The van der Waals surface area contributed by atoms with Gasteiger partial charge in [0, 0.05) is 18.7 Å². The number of anilines is 3. The lowest BCUT2D eigenvalue weighted by molar-refractivity contribution is 0.586. The first kappa shape index (κ1) is 14.2. The molecule has 0 aliphatic carbocycles. The van der Waals surface area contributed by atoms with Crippen molar-refractivity contribution in [2.75, 3.05) is 17.7 Å². The predicted molar refractivity (Wildman–Crippen MR) is 75.3 cm³/mol. The Balaban J connectivity index is 2.43. The van der Waals surface area contributed by atoms with Crippen LogP contribution in [0.3, 0.4) is 0 Å². The summed E-state index contributed by atoms with van der Waals surface area (Å²) in [5.41, 5.74) is 1.02. The molecule has 0 aliphatic heterocycles. The van der Waals surface area contributed by atoms with Gasteiger partial charge in [0.05, 0.1) is 5.69 Å². The quantitative estimate of drug-likeness (QED) is 0.896. The zero-order valence-corrected chi connectivity index (χ0v) is 11.5. The molecule has 0 radical (unpaired) electrons. The lowest BCUT2D eigenvalue weighted by atomic mass is 10.0. The first-order chi connectivity index (χ1) is 9.52. The molecule has 0 fully saturated rings. The van der Waals surface area contributed by atoms with Crippen molar-refractivity contribution in [3.05, 3.63) is 41.7 Å². The van der Waals surface area contributed by atoms with Crippen LogP contribution in [-0.2, 0) is 0 Å². The van der Waals surface area contributed by atoms with E-state index in [0.29, 0.717) is 11.6 Å². The second kappa shape index (κ2) is 5.81. The number of nitrogens with zero attached hydrogens (tertiary/aromatic N) is 2. The highest BCUT2D eigenvalue weighted by molar-refractivity contribution is 5.66. The molecular weight excluding hydrogens is 262 g/mol. The van der Waals surface area contributed by atoms with Crippen LogP contribution in [0.25, 0.3) is 0 Å². The Morgan fingerprint density at radius 2 is 1.80 bits per heavy atom. The molecular formula is C14H16F2N4. The van der Waals surface area contributed by atoms with Gasteiger partial charge in [0.1, 0.15) is 29.6 Å². The Hall–Kier alpha value is -2.24. The van der Waals surface area contributed by atoms with Crippen molar-refractivity contribution in [3.8, 4) is 0 Å². The second-order valence-corrected chi connectivity index (χ2v) is 4.64. The average molecular weight is 278 g/mol. The molecule has 0 saturated heterocycles. The van der Waals surface area contributed by atoms with E-state index in [0.717, 1.165) is 11.6 Å². The number of halogens is 2. The standard InChI is InChI=1S/C14H16F2N4/c1-8(2)12-13(17-3)18-7-19-14(12)20-11-5-4-9(15)6-10(11)16/h4-8H,1-3H3,(H2,17,18,19,20). The van der Waals surface area contributed by atoms with E-state index in [4.69, 9.17) is 0 Å². The number of hydrogen-bond acceptors (Lipinski definition) is 4. The molecule has 2 N–H and O–H groups in total. The normalized spacial score (nSPS) is 10.7. The lowest BCUT2D eigenvalue weighted by Crippen LogP contribution is -2.07. The number of benzene rings is 1. The van der Waals surface area contributed by atoms with Crippen molar-refractivity contribution in [2.24, 2.45) is 0 Å². The van der Waals surface area contributed by atoms with E-state index >= 15 is 0 Å². The average Bonchev–Trinajstić information content (AvgIpc) is 2.41. The fourth-order valence-electron chi connectivity index (χ4n) is 1.96. The molecule has 0 unspecified atom stereocenters.